The van der Waals surface area contributed by atoms with Gasteiger partial charge in [-0.15, -0.1) is 0 Å². The number of nitrogens with zero attached hydrogens (tertiary/aromatic N) is 1. The molecule has 36 heavy (non-hydrogen) atoms. The van der Waals surface area contributed by atoms with E-state index in [9.17, 15) is 13.0 Å². The highest BCUT2D eigenvalue weighted by Crippen LogP contribution is 2.29. The summed E-state index contributed by atoms with van der Waals surface area (Å²) in [5, 5.41) is 9.02. The summed E-state index contributed by atoms with van der Waals surface area (Å²) < 4.78 is 32.2. The molecule has 0 saturated heterocycles. The Bertz CT molecular complexity index is 700. The third-order valence-corrected chi connectivity index (χ3v) is 8.78. The van der Waals surface area contributed by atoms with Gasteiger partial charge in [-0.3, -0.25) is 0 Å². The van der Waals surface area contributed by atoms with Crippen molar-refractivity contribution in [2.24, 2.45) is 0 Å². The van der Waals surface area contributed by atoms with Crippen molar-refractivity contribution < 1.29 is 22.6 Å². The molecule has 0 heterocycles. The lowest BCUT2D eigenvalue weighted by Crippen LogP contribution is -2.42. The number of aliphatic hydroxyl groups is 1. The Hall–Kier alpha value is -0.690. The summed E-state index contributed by atoms with van der Waals surface area (Å²) in [5.41, 5.74) is 0.916. The van der Waals surface area contributed by atoms with Gasteiger partial charge in [0.25, 0.3) is 0 Å². The molecule has 6 heteroatoms. The summed E-state index contributed by atoms with van der Waals surface area (Å²) in [6, 6.07) is 0. The lowest BCUT2D eigenvalue weighted by molar-refractivity contribution is -0.890. The number of rotatable bonds is 20. The van der Waals surface area contributed by atoms with Crippen molar-refractivity contribution in [3.8, 4) is 0 Å². The van der Waals surface area contributed by atoms with Crippen molar-refractivity contribution in [3.05, 3.63) is 23.8 Å². The molecule has 5 nitrogen and oxygen atoms in total. The summed E-state index contributed by atoms with van der Waals surface area (Å²) in [7, 11) is 0.211. The quantitative estimate of drug-likeness (QED) is 0.101. The fourth-order valence-corrected chi connectivity index (χ4v) is 5.38. The number of quaternary nitrogens is 1. The minimum Gasteiger partial charge on any atom is -0.747 e. The first-order valence-corrected chi connectivity index (χ1v) is 16.1. The van der Waals surface area contributed by atoms with Gasteiger partial charge in [0.05, 0.1) is 32.0 Å². The normalized spacial score (nSPS) is 18.0. The van der Waals surface area contributed by atoms with Gasteiger partial charge < -0.3 is 14.1 Å². The van der Waals surface area contributed by atoms with Crippen molar-refractivity contribution in [1.82, 2.24) is 0 Å². The average Bonchev–Trinajstić information content (AvgIpc) is 2.78. The summed E-state index contributed by atoms with van der Waals surface area (Å²) in [6.07, 6.45) is 28.0. The molecular formula is C30H59NO4S. The predicted molar refractivity (Wildman–Crippen MR) is 154 cm³/mol. The Morgan fingerprint density at radius 2 is 1.25 bits per heavy atom. The molecule has 0 amide bonds. The van der Waals surface area contributed by atoms with E-state index in [4.69, 9.17) is 5.11 Å². The van der Waals surface area contributed by atoms with Crippen LogP contribution in [0.2, 0.25) is 0 Å². The average molecular weight is 530 g/mol. The molecule has 1 unspecified atom stereocenters. The number of hydrogen-bond donors (Lipinski definition) is 1. The smallest absolute Gasteiger partial charge is 0.104 e. The highest BCUT2D eigenvalue weighted by atomic mass is 32.2. The van der Waals surface area contributed by atoms with Crippen LogP contribution in [-0.2, 0) is 10.1 Å². The van der Waals surface area contributed by atoms with Crippen LogP contribution in [0.1, 0.15) is 130 Å². The van der Waals surface area contributed by atoms with Crippen LogP contribution in [0, 0.1) is 0 Å². The monoisotopic (exact) mass is 529 g/mol. The summed E-state index contributed by atoms with van der Waals surface area (Å²) >= 11 is 0. The van der Waals surface area contributed by atoms with E-state index in [0.29, 0.717) is 13.0 Å². The van der Waals surface area contributed by atoms with Crippen molar-refractivity contribution in [2.45, 2.75) is 135 Å². The molecule has 214 valence electrons. The van der Waals surface area contributed by atoms with Gasteiger partial charge in [0, 0.05) is 0 Å². The first kappa shape index (κ1) is 35.3. The Balaban J connectivity index is 0.000000846. The van der Waals surface area contributed by atoms with Gasteiger partial charge in [-0.2, -0.15) is 0 Å². The Kier molecular flexibility index (Phi) is 19.9. The van der Waals surface area contributed by atoms with Crippen LogP contribution in [0.3, 0.4) is 0 Å². The molecule has 0 aromatic carbocycles. The highest BCUT2D eigenvalue weighted by molar-refractivity contribution is 7.87. The maximum absolute atomic E-state index is 10.8. The lowest BCUT2D eigenvalue weighted by Gasteiger charge is -2.31. The number of allylic oxidation sites excluding steroid dienone is 3. The number of unbranched alkanes of at least 4 members (excludes halogenated alkanes) is 15. The molecule has 1 rings (SSSR count). The van der Waals surface area contributed by atoms with E-state index < -0.39 is 14.9 Å². The largest absolute Gasteiger partial charge is 0.747 e. The van der Waals surface area contributed by atoms with Crippen molar-refractivity contribution in [3.63, 3.8) is 0 Å². The van der Waals surface area contributed by atoms with Crippen molar-refractivity contribution in [1.29, 1.82) is 0 Å². The van der Waals surface area contributed by atoms with E-state index in [1.807, 2.05) is 13.0 Å². The first-order chi connectivity index (χ1) is 17.0. The van der Waals surface area contributed by atoms with Crippen LogP contribution >= 0.6 is 0 Å². The Morgan fingerprint density at radius 3 is 1.58 bits per heavy atom. The van der Waals surface area contributed by atoms with Crippen LogP contribution < -0.4 is 0 Å². The fourth-order valence-electron chi connectivity index (χ4n) is 4.73. The molecule has 0 spiro atoms. The van der Waals surface area contributed by atoms with Crippen molar-refractivity contribution >= 4 is 10.1 Å². The van der Waals surface area contributed by atoms with E-state index in [2.05, 4.69) is 21.0 Å². The molecule has 0 saturated carbocycles. The van der Waals surface area contributed by atoms with E-state index in [1.54, 1.807) is 6.08 Å². The molecular weight excluding hydrogens is 470 g/mol. The maximum Gasteiger partial charge on any atom is 0.104 e. The van der Waals surface area contributed by atoms with Gasteiger partial charge in [0.1, 0.15) is 16.7 Å². The second-order valence-electron chi connectivity index (χ2n) is 11.7. The molecule has 0 aromatic heterocycles. The van der Waals surface area contributed by atoms with Gasteiger partial charge in [0.15, 0.2) is 0 Å². The summed E-state index contributed by atoms with van der Waals surface area (Å²) in [6.45, 7) is 7.96. The molecule has 0 radical (unpaired) electrons. The maximum atomic E-state index is 10.8. The van der Waals surface area contributed by atoms with E-state index in [-0.39, 0.29) is 0 Å². The number of likely N-dealkylation sites (N-methyl/N-ethyl adjacent to an activating group) is 1. The lowest BCUT2D eigenvalue weighted by atomic mass is 9.96. The topological polar surface area (TPSA) is 77.4 Å². The molecule has 1 atom stereocenters. The minimum atomic E-state index is -4.24. The predicted octanol–water partition coefficient (Wildman–Crippen LogP) is 7.51. The van der Waals surface area contributed by atoms with E-state index in [0.717, 1.165) is 16.6 Å². The fraction of sp³-hybridized carbons (Fsp3) is 0.867. The van der Waals surface area contributed by atoms with Gasteiger partial charge in [0.2, 0.25) is 0 Å². The van der Waals surface area contributed by atoms with E-state index in [1.165, 1.54) is 122 Å². The van der Waals surface area contributed by atoms with Gasteiger partial charge in [-0.25, -0.2) is 8.42 Å². The van der Waals surface area contributed by atoms with Crippen LogP contribution in [-0.4, -0.2) is 61.1 Å². The van der Waals surface area contributed by atoms with E-state index >= 15 is 0 Å². The van der Waals surface area contributed by atoms with Gasteiger partial charge in [-0.05, 0) is 33.1 Å². The Morgan fingerprint density at radius 1 is 0.833 bits per heavy atom. The van der Waals surface area contributed by atoms with Crippen molar-refractivity contribution in [2.75, 3.05) is 33.8 Å². The molecule has 0 fully saturated rings. The minimum absolute atomic E-state index is 0.301. The molecule has 1 aliphatic rings. The van der Waals surface area contributed by atoms with Gasteiger partial charge in [-0.1, -0.05) is 121 Å². The Labute approximate surface area is 224 Å². The second-order valence-corrected chi connectivity index (χ2v) is 13.6. The zero-order valence-electron chi connectivity index (χ0n) is 24.4. The van der Waals surface area contributed by atoms with Gasteiger partial charge >= 0.3 is 0 Å². The zero-order valence-corrected chi connectivity index (χ0v) is 25.2. The highest BCUT2D eigenvalue weighted by Gasteiger charge is 2.30. The summed E-state index contributed by atoms with van der Waals surface area (Å²) in [5.74, 6) is 0. The molecule has 0 bridgehead atoms. The SMILES string of the molecule is CC1=CC=CC(C)(S(=O)(=O)[O-])C1.CCCCCCCCCCCCCCCCCC[N+](C)(C)CCO. The third-order valence-electron chi connectivity index (χ3n) is 7.35. The molecule has 0 aliphatic heterocycles. The van der Waals surface area contributed by atoms with Crippen LogP contribution in [0.4, 0.5) is 0 Å². The number of aliphatic hydroxyl groups excluding tert-OH is 1. The third kappa shape index (κ3) is 18.5. The zero-order chi connectivity index (χ0) is 27.3. The number of hydrogen-bond acceptors (Lipinski definition) is 4. The first-order valence-electron chi connectivity index (χ1n) is 14.7. The van der Waals surface area contributed by atoms with Crippen LogP contribution in [0.15, 0.2) is 23.8 Å². The second kappa shape index (κ2) is 20.3. The molecule has 1 aliphatic carbocycles. The molecule has 1 N–H and O–H groups in total. The van der Waals surface area contributed by atoms with Crippen LogP contribution in [0.25, 0.3) is 0 Å². The van der Waals surface area contributed by atoms with Crippen LogP contribution in [0.5, 0.6) is 0 Å². The standard InChI is InChI=1S/C22H48NO.C8H12O3S/c1-4-5-6-7-8-9-10-11-12-13-14-15-16-17-18-19-20-23(2,3)21-22-24;1-7-4-3-5-8(2,6-7)12(9,10)11/h24H,4-22H2,1-3H3;3-5H,6H2,1-2H3,(H,9,10,11)/q+1;/p-1. The summed E-state index contributed by atoms with van der Waals surface area (Å²) in [4.78, 5) is 0. The molecule has 0 aromatic rings.